The fourth-order valence-electron chi connectivity index (χ4n) is 2.66. The summed E-state index contributed by atoms with van der Waals surface area (Å²) in [5.74, 6) is 3.13. The van der Waals surface area contributed by atoms with Gasteiger partial charge in [0.1, 0.15) is 11.5 Å². The van der Waals surface area contributed by atoms with Crippen molar-refractivity contribution in [2.75, 3.05) is 7.11 Å². The number of benzene rings is 1. The highest BCUT2D eigenvalue weighted by Gasteiger charge is 2.16. The largest absolute Gasteiger partial charge is 0.493 e. The van der Waals surface area contributed by atoms with Crippen LogP contribution in [0.1, 0.15) is 28.3 Å². The minimum Gasteiger partial charge on any atom is -0.493 e. The Hall–Kier alpha value is -3.32. The second-order valence-electron chi connectivity index (χ2n) is 6.35. The van der Waals surface area contributed by atoms with Gasteiger partial charge >= 0.3 is 0 Å². The maximum atomic E-state index is 9.64. The van der Waals surface area contributed by atoms with Crippen molar-refractivity contribution in [1.29, 1.82) is 0 Å². The molecule has 2 aromatic heterocycles. The van der Waals surface area contributed by atoms with E-state index in [4.69, 9.17) is 13.9 Å². The van der Waals surface area contributed by atoms with Crippen molar-refractivity contribution in [2.24, 2.45) is 4.99 Å². The molecule has 0 radical (unpaired) electrons. The third kappa shape index (κ3) is 4.50. The molecule has 0 fully saturated rings. The average Bonchev–Trinajstić information content (AvgIpc) is 3.10. The van der Waals surface area contributed by atoms with Crippen molar-refractivity contribution in [3.63, 3.8) is 0 Å². The molecule has 0 amide bonds. The number of nitrogens with one attached hydrogen (secondary N) is 1. The number of ether oxygens (including phenoxy) is 2. The summed E-state index contributed by atoms with van der Waals surface area (Å²) < 4.78 is 16.9. The fraction of sp³-hybridized carbons (Fsp3) is 0.238. The van der Waals surface area contributed by atoms with E-state index in [1.54, 1.807) is 13.2 Å². The number of aryl methyl sites for hydroxylation is 3. The Bertz CT molecular complexity index is 995. The van der Waals surface area contributed by atoms with Gasteiger partial charge in [-0.15, -0.1) is 0 Å². The van der Waals surface area contributed by atoms with Crippen LogP contribution in [0.2, 0.25) is 0 Å². The minimum atomic E-state index is 0.225. The van der Waals surface area contributed by atoms with E-state index in [1.165, 1.54) is 0 Å². The molecule has 1 aromatic carbocycles. The molecule has 0 bridgehead atoms. The molecule has 0 spiro atoms. The zero-order chi connectivity index (χ0) is 20.1. The molecule has 28 heavy (non-hydrogen) atoms. The van der Waals surface area contributed by atoms with E-state index >= 15 is 0 Å². The van der Waals surface area contributed by atoms with Gasteiger partial charge in [-0.3, -0.25) is 15.7 Å². The Kier molecular flexibility index (Phi) is 5.96. The third-order valence-electron chi connectivity index (χ3n) is 4.08. The number of amidine groups is 1. The van der Waals surface area contributed by atoms with Crippen LogP contribution in [0.25, 0.3) is 0 Å². The predicted molar refractivity (Wildman–Crippen MR) is 105 cm³/mol. The SMILES string of the molecule is COc1cc(C)ccc1Oc1nc(C)ccc1C(=NCc1ccc(C)o1)NO. The number of aliphatic imine (C=N–C) groups is 1. The number of hydroxylamine groups is 1. The van der Waals surface area contributed by atoms with Gasteiger partial charge in [-0.2, -0.15) is 0 Å². The van der Waals surface area contributed by atoms with E-state index < -0.39 is 0 Å². The van der Waals surface area contributed by atoms with Gasteiger partial charge in [0, 0.05) is 5.69 Å². The van der Waals surface area contributed by atoms with Crippen molar-refractivity contribution in [1.82, 2.24) is 10.5 Å². The molecule has 146 valence electrons. The van der Waals surface area contributed by atoms with Gasteiger partial charge in [0.15, 0.2) is 17.3 Å². The van der Waals surface area contributed by atoms with Gasteiger partial charge in [0.05, 0.1) is 19.2 Å². The lowest BCUT2D eigenvalue weighted by Gasteiger charge is -2.14. The maximum Gasteiger partial charge on any atom is 0.230 e. The molecular weight excluding hydrogens is 358 g/mol. The maximum absolute atomic E-state index is 9.64. The van der Waals surface area contributed by atoms with Gasteiger partial charge in [0.2, 0.25) is 5.88 Å². The molecule has 0 aliphatic heterocycles. The molecule has 0 aliphatic rings. The molecule has 0 atom stereocenters. The second kappa shape index (κ2) is 8.58. The average molecular weight is 381 g/mol. The topological polar surface area (TPSA) is 89.1 Å². The lowest BCUT2D eigenvalue weighted by Crippen LogP contribution is -2.21. The summed E-state index contributed by atoms with van der Waals surface area (Å²) in [5, 5.41) is 9.64. The highest BCUT2D eigenvalue weighted by Crippen LogP contribution is 2.33. The molecule has 2 heterocycles. The Morgan fingerprint density at radius 3 is 2.61 bits per heavy atom. The number of methoxy groups -OCH3 is 1. The molecule has 0 saturated heterocycles. The van der Waals surface area contributed by atoms with Gasteiger partial charge in [-0.25, -0.2) is 4.98 Å². The lowest BCUT2D eigenvalue weighted by atomic mass is 10.2. The summed E-state index contributed by atoms with van der Waals surface area (Å²) in [6, 6.07) is 12.9. The van der Waals surface area contributed by atoms with Crippen LogP contribution in [0.3, 0.4) is 0 Å². The molecule has 0 aliphatic carbocycles. The van der Waals surface area contributed by atoms with Crippen LogP contribution in [0, 0.1) is 20.8 Å². The number of hydrogen-bond donors (Lipinski definition) is 2. The van der Waals surface area contributed by atoms with Crippen LogP contribution in [0.5, 0.6) is 17.4 Å². The zero-order valence-corrected chi connectivity index (χ0v) is 16.3. The van der Waals surface area contributed by atoms with Crippen molar-refractivity contribution in [3.05, 3.63) is 70.8 Å². The standard InChI is InChI=1S/C21H23N3O4/c1-13-5-10-18(19(11-13)26-4)28-21-17(9-6-14(2)23-21)20(24-25)22-12-16-8-7-15(3)27-16/h5-11,25H,12H2,1-4H3,(H,22,24). The number of furan rings is 1. The summed E-state index contributed by atoms with van der Waals surface area (Å²) in [6.07, 6.45) is 0. The quantitative estimate of drug-likeness (QED) is 0.375. The number of rotatable bonds is 6. The fourth-order valence-corrected chi connectivity index (χ4v) is 2.66. The Labute approximate surface area is 163 Å². The van der Waals surface area contributed by atoms with Gasteiger partial charge in [0.25, 0.3) is 0 Å². The molecule has 0 saturated carbocycles. The summed E-state index contributed by atoms with van der Waals surface area (Å²) in [7, 11) is 1.58. The number of aromatic nitrogens is 1. The first-order valence-electron chi connectivity index (χ1n) is 8.80. The second-order valence-corrected chi connectivity index (χ2v) is 6.35. The van der Waals surface area contributed by atoms with Crippen molar-refractivity contribution in [3.8, 4) is 17.4 Å². The summed E-state index contributed by atoms with van der Waals surface area (Å²) in [6.45, 7) is 5.96. The Balaban J connectivity index is 1.95. The van der Waals surface area contributed by atoms with Crippen LogP contribution in [-0.2, 0) is 6.54 Å². The summed E-state index contributed by atoms with van der Waals surface area (Å²) >= 11 is 0. The predicted octanol–water partition coefficient (Wildman–Crippen LogP) is 4.33. The van der Waals surface area contributed by atoms with Crippen molar-refractivity contribution in [2.45, 2.75) is 27.3 Å². The van der Waals surface area contributed by atoms with E-state index in [-0.39, 0.29) is 12.4 Å². The zero-order valence-electron chi connectivity index (χ0n) is 16.3. The van der Waals surface area contributed by atoms with Crippen LogP contribution in [-0.4, -0.2) is 23.1 Å². The lowest BCUT2D eigenvalue weighted by molar-refractivity contribution is 0.234. The van der Waals surface area contributed by atoms with E-state index in [0.717, 1.165) is 17.0 Å². The molecule has 7 heteroatoms. The van der Waals surface area contributed by atoms with Crippen LogP contribution in [0.4, 0.5) is 0 Å². The van der Waals surface area contributed by atoms with Crippen molar-refractivity contribution < 1.29 is 19.1 Å². The first-order valence-corrected chi connectivity index (χ1v) is 8.80. The van der Waals surface area contributed by atoms with Crippen LogP contribution in [0.15, 0.2) is 51.9 Å². The van der Waals surface area contributed by atoms with E-state index in [2.05, 4.69) is 15.5 Å². The normalized spacial score (nSPS) is 11.4. The smallest absolute Gasteiger partial charge is 0.230 e. The Morgan fingerprint density at radius 1 is 1.11 bits per heavy atom. The van der Waals surface area contributed by atoms with Crippen LogP contribution >= 0.6 is 0 Å². The van der Waals surface area contributed by atoms with E-state index in [0.29, 0.717) is 28.7 Å². The Morgan fingerprint density at radius 2 is 1.93 bits per heavy atom. The first kappa shape index (κ1) is 19.4. The van der Waals surface area contributed by atoms with Crippen molar-refractivity contribution >= 4 is 5.84 Å². The van der Waals surface area contributed by atoms with Gasteiger partial charge in [-0.05, 0) is 62.7 Å². The monoisotopic (exact) mass is 381 g/mol. The highest BCUT2D eigenvalue weighted by molar-refractivity contribution is 6.00. The van der Waals surface area contributed by atoms with Gasteiger partial charge < -0.3 is 13.9 Å². The van der Waals surface area contributed by atoms with E-state index in [1.807, 2.05) is 57.2 Å². The minimum absolute atomic E-state index is 0.225. The third-order valence-corrected chi connectivity index (χ3v) is 4.08. The van der Waals surface area contributed by atoms with Crippen LogP contribution < -0.4 is 15.0 Å². The summed E-state index contributed by atoms with van der Waals surface area (Å²) in [4.78, 5) is 8.86. The van der Waals surface area contributed by atoms with E-state index in [9.17, 15) is 5.21 Å². The molecule has 0 unspecified atom stereocenters. The highest BCUT2D eigenvalue weighted by atomic mass is 16.5. The molecule has 3 aromatic rings. The molecule has 7 nitrogen and oxygen atoms in total. The molecule has 2 N–H and O–H groups in total. The molecular formula is C21H23N3O4. The van der Waals surface area contributed by atoms with Gasteiger partial charge in [-0.1, -0.05) is 6.07 Å². The number of nitrogens with zero attached hydrogens (tertiary/aromatic N) is 2. The summed E-state index contributed by atoms with van der Waals surface area (Å²) in [5.41, 5.74) is 4.47. The number of hydrogen-bond acceptors (Lipinski definition) is 6. The number of pyridine rings is 1. The molecule has 3 rings (SSSR count). The first-order chi connectivity index (χ1) is 13.5.